The molecule has 0 spiro atoms. The van der Waals surface area contributed by atoms with E-state index in [1.54, 1.807) is 0 Å². The number of nitrogens with zero attached hydrogens (tertiary/aromatic N) is 2. The first-order valence-corrected chi connectivity index (χ1v) is 5.35. The van der Waals surface area contributed by atoms with Crippen molar-refractivity contribution in [2.24, 2.45) is 0 Å². The highest BCUT2D eigenvalue weighted by molar-refractivity contribution is 14.1. The van der Waals surface area contributed by atoms with Crippen LogP contribution >= 0.6 is 34.2 Å². The van der Waals surface area contributed by atoms with E-state index < -0.39 is 5.97 Å². The van der Waals surface area contributed by atoms with Crippen molar-refractivity contribution in [3.63, 3.8) is 0 Å². The van der Waals surface area contributed by atoms with E-state index in [1.807, 2.05) is 22.6 Å². The normalized spacial score (nSPS) is 10.1. The van der Waals surface area contributed by atoms with Gasteiger partial charge in [-0.25, -0.2) is 14.8 Å². The molecule has 0 saturated carbocycles. The van der Waals surface area contributed by atoms with Gasteiger partial charge in [0.05, 0.1) is 23.0 Å². The van der Waals surface area contributed by atoms with Crippen molar-refractivity contribution in [3.8, 4) is 0 Å². The molecule has 0 aliphatic heterocycles. The molecular weight excluding hydrogens is 334 g/mol. The van der Waals surface area contributed by atoms with Gasteiger partial charge in [0.25, 0.3) is 0 Å². The smallest absolute Gasteiger partial charge is 0.376 e. The van der Waals surface area contributed by atoms with Gasteiger partial charge in [-0.1, -0.05) is 11.6 Å². The van der Waals surface area contributed by atoms with E-state index in [1.165, 1.54) is 14.2 Å². The Bertz CT molecular complexity index is 386. The Hall–Kier alpha value is -0.470. The molecule has 0 fully saturated rings. The zero-order chi connectivity index (χ0) is 11.4. The summed E-state index contributed by atoms with van der Waals surface area (Å²) in [6.07, 6.45) is 0. The minimum atomic E-state index is -0.620. The van der Waals surface area contributed by atoms with Crippen LogP contribution in [-0.2, 0) is 16.1 Å². The molecule has 0 aliphatic carbocycles. The summed E-state index contributed by atoms with van der Waals surface area (Å²) in [5.41, 5.74) is 0.568. The molecule has 0 aliphatic rings. The van der Waals surface area contributed by atoms with Crippen LogP contribution in [0.25, 0.3) is 0 Å². The number of aromatic nitrogens is 2. The van der Waals surface area contributed by atoms with Crippen LogP contribution in [0.3, 0.4) is 0 Å². The molecule has 1 aromatic rings. The van der Waals surface area contributed by atoms with E-state index in [9.17, 15) is 4.79 Å². The molecule has 0 N–H and O–H groups in total. The van der Waals surface area contributed by atoms with Gasteiger partial charge in [-0.3, -0.25) is 0 Å². The van der Waals surface area contributed by atoms with Gasteiger partial charge in [0.1, 0.15) is 5.15 Å². The van der Waals surface area contributed by atoms with Crippen LogP contribution in [0.1, 0.15) is 16.3 Å². The van der Waals surface area contributed by atoms with Crippen LogP contribution in [0.4, 0.5) is 0 Å². The molecule has 15 heavy (non-hydrogen) atoms. The molecule has 0 saturated heterocycles. The van der Waals surface area contributed by atoms with Crippen molar-refractivity contribution in [1.82, 2.24) is 9.97 Å². The number of rotatable bonds is 3. The lowest BCUT2D eigenvalue weighted by Crippen LogP contribution is -2.11. The quantitative estimate of drug-likeness (QED) is 0.475. The first-order valence-electron chi connectivity index (χ1n) is 3.89. The standard InChI is InChI=1S/C8H8ClIN2O3/c1-14-3-4-5(10)6(9)12-7(11-4)8(13)15-2/h3H2,1-2H3. The lowest BCUT2D eigenvalue weighted by molar-refractivity contribution is 0.0585. The second-order valence-corrected chi connectivity index (χ2v) is 3.96. The second-order valence-electron chi connectivity index (χ2n) is 2.52. The highest BCUT2D eigenvalue weighted by Crippen LogP contribution is 2.19. The lowest BCUT2D eigenvalue weighted by Gasteiger charge is -2.05. The monoisotopic (exact) mass is 342 g/mol. The summed E-state index contributed by atoms with van der Waals surface area (Å²) in [4.78, 5) is 19.0. The molecule has 0 aromatic carbocycles. The van der Waals surface area contributed by atoms with Crippen LogP contribution in [0.15, 0.2) is 0 Å². The predicted molar refractivity (Wildman–Crippen MR) is 61.8 cm³/mol. The summed E-state index contributed by atoms with van der Waals surface area (Å²) >= 11 is 7.83. The Labute approximate surface area is 105 Å². The minimum Gasteiger partial charge on any atom is -0.463 e. The summed E-state index contributed by atoms with van der Waals surface area (Å²) in [5, 5.41) is 0.220. The molecule has 0 atom stereocenters. The average molecular weight is 343 g/mol. The highest BCUT2D eigenvalue weighted by Gasteiger charge is 2.16. The number of carbonyl (C=O) groups excluding carboxylic acids is 1. The number of hydrogen-bond donors (Lipinski definition) is 0. The largest absolute Gasteiger partial charge is 0.463 e. The van der Waals surface area contributed by atoms with Crippen molar-refractivity contribution < 1.29 is 14.3 Å². The summed E-state index contributed by atoms with van der Waals surface area (Å²) in [7, 11) is 2.79. The van der Waals surface area contributed by atoms with Crippen molar-refractivity contribution in [2.75, 3.05) is 14.2 Å². The Balaban J connectivity index is 3.16. The minimum absolute atomic E-state index is 0.0602. The van der Waals surface area contributed by atoms with Gasteiger partial charge < -0.3 is 9.47 Å². The Morgan fingerprint density at radius 2 is 2.13 bits per heavy atom. The number of methoxy groups -OCH3 is 2. The van der Waals surface area contributed by atoms with Gasteiger partial charge in [0.2, 0.25) is 5.82 Å². The number of hydrogen-bond acceptors (Lipinski definition) is 5. The molecule has 0 radical (unpaired) electrons. The number of esters is 1. The number of halogens is 2. The van der Waals surface area contributed by atoms with Crippen LogP contribution in [0.5, 0.6) is 0 Å². The molecule has 1 heterocycles. The van der Waals surface area contributed by atoms with E-state index in [0.29, 0.717) is 9.26 Å². The van der Waals surface area contributed by atoms with Gasteiger partial charge in [0, 0.05) is 7.11 Å². The molecule has 0 amide bonds. The van der Waals surface area contributed by atoms with E-state index in [-0.39, 0.29) is 17.6 Å². The van der Waals surface area contributed by atoms with Gasteiger partial charge in [-0.05, 0) is 22.6 Å². The topological polar surface area (TPSA) is 61.3 Å². The van der Waals surface area contributed by atoms with Crippen molar-refractivity contribution in [2.45, 2.75) is 6.61 Å². The van der Waals surface area contributed by atoms with Crippen LogP contribution in [0, 0.1) is 3.57 Å². The average Bonchev–Trinajstić information content (AvgIpc) is 2.23. The van der Waals surface area contributed by atoms with E-state index >= 15 is 0 Å². The molecule has 5 nitrogen and oxygen atoms in total. The highest BCUT2D eigenvalue weighted by atomic mass is 127. The Kier molecular flexibility index (Phi) is 4.68. The van der Waals surface area contributed by atoms with Gasteiger partial charge >= 0.3 is 5.97 Å². The fourth-order valence-corrected chi connectivity index (χ4v) is 1.46. The zero-order valence-electron chi connectivity index (χ0n) is 8.08. The molecular formula is C8H8ClIN2O3. The zero-order valence-corrected chi connectivity index (χ0v) is 11.0. The maximum Gasteiger partial charge on any atom is 0.376 e. The fraction of sp³-hybridized carbons (Fsp3) is 0.375. The van der Waals surface area contributed by atoms with Crippen LogP contribution in [0.2, 0.25) is 5.15 Å². The summed E-state index contributed by atoms with van der Waals surface area (Å²) in [5.74, 6) is -0.680. The second kappa shape index (κ2) is 5.57. The third-order valence-corrected chi connectivity index (χ3v) is 3.25. The molecule has 0 unspecified atom stereocenters. The predicted octanol–water partition coefficient (Wildman–Crippen LogP) is 1.67. The maximum atomic E-state index is 11.2. The molecule has 0 bridgehead atoms. The first-order chi connectivity index (χ1) is 7.10. The third-order valence-electron chi connectivity index (χ3n) is 1.53. The van der Waals surface area contributed by atoms with E-state index in [2.05, 4.69) is 14.7 Å². The fourth-order valence-electron chi connectivity index (χ4n) is 0.878. The van der Waals surface area contributed by atoms with Crippen LogP contribution < -0.4 is 0 Å². The Morgan fingerprint density at radius 1 is 1.47 bits per heavy atom. The SMILES string of the molecule is COCc1nc(C(=O)OC)nc(Cl)c1I. The van der Waals surface area contributed by atoms with Crippen molar-refractivity contribution in [3.05, 3.63) is 20.2 Å². The van der Waals surface area contributed by atoms with Crippen molar-refractivity contribution in [1.29, 1.82) is 0 Å². The summed E-state index contributed by atoms with van der Waals surface area (Å²) < 4.78 is 10.1. The first kappa shape index (κ1) is 12.6. The maximum absolute atomic E-state index is 11.2. The van der Waals surface area contributed by atoms with E-state index in [0.717, 1.165) is 0 Å². The van der Waals surface area contributed by atoms with Crippen LogP contribution in [-0.4, -0.2) is 30.2 Å². The Morgan fingerprint density at radius 3 is 2.67 bits per heavy atom. The molecule has 1 aromatic heterocycles. The van der Waals surface area contributed by atoms with E-state index in [4.69, 9.17) is 16.3 Å². The van der Waals surface area contributed by atoms with Gasteiger partial charge in [0.15, 0.2) is 0 Å². The molecule has 7 heteroatoms. The molecule has 1 rings (SSSR count). The third kappa shape index (κ3) is 2.99. The lowest BCUT2D eigenvalue weighted by atomic mass is 10.4. The molecule has 82 valence electrons. The van der Waals surface area contributed by atoms with Gasteiger partial charge in [-0.15, -0.1) is 0 Å². The number of ether oxygens (including phenoxy) is 2. The number of carbonyl (C=O) groups is 1. The van der Waals surface area contributed by atoms with Gasteiger partial charge in [-0.2, -0.15) is 0 Å². The summed E-state index contributed by atoms with van der Waals surface area (Å²) in [6, 6.07) is 0. The van der Waals surface area contributed by atoms with Crippen molar-refractivity contribution >= 4 is 40.2 Å². The summed E-state index contributed by atoms with van der Waals surface area (Å²) in [6.45, 7) is 0.268.